The smallest absolute Gasteiger partial charge is 0.318 e. The van der Waals surface area contributed by atoms with Crippen LogP contribution >= 0.6 is 22.7 Å². The van der Waals surface area contributed by atoms with Crippen molar-refractivity contribution in [2.45, 2.75) is 161 Å². The van der Waals surface area contributed by atoms with Crippen LogP contribution in [-0.2, 0) is 39.1 Å². The number of carbonyl (C=O) groups is 5. The number of aryl methyl sites for hydroxylation is 1. The quantitative estimate of drug-likeness (QED) is 0.0604. The average Bonchev–Trinajstić information content (AvgIpc) is 1.36. The Morgan fingerprint density at radius 2 is 1.55 bits per heavy atom. The number of hydrogen-bond donors (Lipinski definition) is 5. The number of benzene rings is 3. The number of carbonyl (C=O) groups excluding carboxylic acids is 5. The van der Waals surface area contributed by atoms with E-state index in [1.54, 1.807) is 28.5 Å². The Kier molecular flexibility index (Phi) is 19.0. The molecular formula is C68H83N13O8S3. The Morgan fingerprint density at radius 3 is 2.27 bits per heavy atom. The van der Waals surface area contributed by atoms with Gasteiger partial charge in [-0.15, -0.1) is 11.3 Å². The number of piperidine rings is 2. The number of thiazole rings is 2. The largest absolute Gasteiger partial charge is 0.391 e. The summed E-state index contributed by atoms with van der Waals surface area (Å²) in [6, 6.07) is 22.4. The normalized spacial score (nSPS) is 19.6. The number of para-hydroxylation sites is 1. The summed E-state index contributed by atoms with van der Waals surface area (Å²) >= 11 is 2.98. The summed E-state index contributed by atoms with van der Waals surface area (Å²) in [5.74, 6) is -0.957. The third kappa shape index (κ3) is 14.0. The zero-order chi connectivity index (χ0) is 64.6. The van der Waals surface area contributed by atoms with Crippen LogP contribution < -0.4 is 25.6 Å². The lowest BCUT2D eigenvalue weighted by Crippen LogP contribution is -2.60. The Balaban J connectivity index is 0.675. The van der Waals surface area contributed by atoms with Gasteiger partial charge in [0.05, 0.1) is 49.9 Å². The first-order valence-electron chi connectivity index (χ1n) is 32.4. The molecule has 6 amide bonds. The topological polar surface area (TPSA) is 257 Å². The molecule has 5 N–H and O–H groups in total. The van der Waals surface area contributed by atoms with Gasteiger partial charge >= 0.3 is 6.03 Å². The first kappa shape index (κ1) is 64.5. The van der Waals surface area contributed by atoms with E-state index in [9.17, 15) is 37.5 Å². The van der Waals surface area contributed by atoms with Gasteiger partial charge in [-0.1, -0.05) is 99.9 Å². The lowest BCUT2D eigenvalue weighted by atomic mass is 9.85. The minimum atomic E-state index is -4.21. The SMILES string of the molecule is Cc1ncsc1-c1ccc([C@H](C)NC(=O)[C@@H]2C[C@@H](O)CN2C(=O)[C@@H](NC(=O)N2CCC(N3CCC(S(=O)(=O)NC(=O)c4nc(N5CCc6cccc(C(=O)Nc7nc8ccccc8s7)c6C5)ccc4-c4cnn(CC5CCCCC5)c4C)CC3)CC2)C(C)(C)C)cc1. The van der Waals surface area contributed by atoms with E-state index in [0.29, 0.717) is 92.1 Å². The second-order valence-electron chi connectivity index (χ2n) is 26.6. The Morgan fingerprint density at radius 1 is 0.804 bits per heavy atom. The molecule has 4 fully saturated rings. The van der Waals surface area contributed by atoms with Crippen molar-refractivity contribution in [1.29, 1.82) is 0 Å². The molecule has 92 heavy (non-hydrogen) atoms. The van der Waals surface area contributed by atoms with Gasteiger partial charge in [-0.2, -0.15) is 5.10 Å². The van der Waals surface area contributed by atoms with Crippen LogP contribution in [0.1, 0.15) is 147 Å². The second kappa shape index (κ2) is 27.1. The van der Waals surface area contributed by atoms with E-state index in [1.807, 2.05) is 129 Å². The van der Waals surface area contributed by atoms with Crippen molar-refractivity contribution in [2.24, 2.45) is 11.3 Å². The lowest BCUT2D eigenvalue weighted by molar-refractivity contribution is -0.142. The number of nitrogens with zero attached hydrogens (tertiary/aromatic N) is 9. The third-order valence-electron chi connectivity index (χ3n) is 19.4. The summed E-state index contributed by atoms with van der Waals surface area (Å²) < 4.78 is 34.4. The number of fused-ring (bicyclic) bond motifs is 2. The molecule has 4 aliphatic heterocycles. The van der Waals surface area contributed by atoms with E-state index in [4.69, 9.17) is 10.1 Å². The fourth-order valence-electron chi connectivity index (χ4n) is 14.1. The van der Waals surface area contributed by atoms with Gasteiger partial charge in [0.15, 0.2) is 5.13 Å². The van der Waals surface area contributed by atoms with Crippen LogP contribution in [0.25, 0.3) is 31.8 Å². The molecule has 3 aromatic carbocycles. The number of β-amino-alcohol motifs (C(OH)–C–C–N with tert-alkyl or cyclic N) is 1. The van der Waals surface area contributed by atoms with E-state index >= 15 is 0 Å². The van der Waals surface area contributed by atoms with Crippen molar-refractivity contribution in [3.8, 4) is 21.6 Å². The fourth-order valence-corrected chi connectivity index (χ4v) is 17.1. The number of pyridine rings is 1. The maximum absolute atomic E-state index is 14.8. The predicted molar refractivity (Wildman–Crippen MR) is 358 cm³/mol. The Hall–Kier alpha value is -7.64. The number of aromatic nitrogens is 5. The van der Waals surface area contributed by atoms with Gasteiger partial charge in [0.1, 0.15) is 23.6 Å². The Bertz CT molecular complexity index is 3960. The van der Waals surface area contributed by atoms with Gasteiger partial charge in [-0.25, -0.2) is 32.9 Å². The van der Waals surface area contributed by atoms with Crippen LogP contribution in [0.5, 0.6) is 0 Å². The molecule has 0 unspecified atom stereocenters. The zero-order valence-corrected chi connectivity index (χ0v) is 55.6. The van der Waals surface area contributed by atoms with Gasteiger partial charge in [0.25, 0.3) is 11.8 Å². The molecule has 1 saturated carbocycles. The molecular weight excluding hydrogens is 1220 g/mol. The molecule has 24 heteroatoms. The molecule has 4 atom stereocenters. The van der Waals surface area contributed by atoms with Gasteiger partial charge in [0, 0.05) is 74.1 Å². The highest BCUT2D eigenvalue weighted by atomic mass is 32.2. The molecule has 7 aromatic rings. The molecule has 12 rings (SSSR count). The second-order valence-corrected chi connectivity index (χ2v) is 30.5. The van der Waals surface area contributed by atoms with Gasteiger partial charge in [-0.3, -0.25) is 29.2 Å². The van der Waals surface area contributed by atoms with E-state index in [1.165, 1.54) is 35.5 Å². The van der Waals surface area contributed by atoms with Crippen molar-refractivity contribution >= 4 is 83.5 Å². The molecule has 1 aliphatic carbocycles. The van der Waals surface area contributed by atoms with E-state index in [-0.39, 0.29) is 55.4 Å². The monoisotopic (exact) mass is 1310 g/mol. The molecule has 5 aliphatic rings. The number of likely N-dealkylation sites (tertiary alicyclic amines) is 3. The summed E-state index contributed by atoms with van der Waals surface area (Å²) in [6.45, 7) is 14.8. The van der Waals surface area contributed by atoms with Crippen LogP contribution in [0.3, 0.4) is 0 Å². The number of aliphatic hydroxyl groups is 1. The highest BCUT2D eigenvalue weighted by Crippen LogP contribution is 2.36. The van der Waals surface area contributed by atoms with Crippen molar-refractivity contribution in [2.75, 3.05) is 49.5 Å². The summed E-state index contributed by atoms with van der Waals surface area (Å²) in [5.41, 5.74) is 9.14. The van der Waals surface area contributed by atoms with E-state index in [2.05, 4.69) is 35.5 Å². The van der Waals surface area contributed by atoms with Crippen LogP contribution in [0.4, 0.5) is 15.7 Å². The minimum absolute atomic E-state index is 0.0290. The molecule has 4 aromatic heterocycles. The van der Waals surface area contributed by atoms with Crippen molar-refractivity contribution in [3.05, 3.63) is 130 Å². The number of nitrogens with one attached hydrogen (secondary N) is 4. The predicted octanol–water partition coefficient (Wildman–Crippen LogP) is 9.64. The number of amides is 6. The fraction of sp³-hybridized carbons (Fsp3) is 0.485. The molecule has 8 heterocycles. The number of aliphatic hydroxyl groups excluding tert-OH is 1. The zero-order valence-electron chi connectivity index (χ0n) is 53.2. The summed E-state index contributed by atoms with van der Waals surface area (Å²) in [5, 5.41) is 24.4. The van der Waals surface area contributed by atoms with Crippen LogP contribution in [0.15, 0.2) is 90.6 Å². The summed E-state index contributed by atoms with van der Waals surface area (Å²) in [4.78, 5) is 93.8. The molecule has 486 valence electrons. The van der Waals surface area contributed by atoms with Crippen molar-refractivity contribution in [1.82, 2.24) is 54.8 Å². The molecule has 0 radical (unpaired) electrons. The molecule has 0 spiro atoms. The average molecular weight is 1310 g/mol. The molecule has 3 saturated heterocycles. The van der Waals surface area contributed by atoms with Crippen molar-refractivity contribution < 1.29 is 37.5 Å². The van der Waals surface area contributed by atoms with Gasteiger partial charge < -0.3 is 35.3 Å². The number of sulfonamides is 1. The summed E-state index contributed by atoms with van der Waals surface area (Å²) in [7, 11) is -4.21. The first-order valence-corrected chi connectivity index (χ1v) is 35.6. The van der Waals surface area contributed by atoms with Crippen LogP contribution in [0.2, 0.25) is 0 Å². The highest BCUT2D eigenvalue weighted by molar-refractivity contribution is 7.90. The number of anilines is 2. The first-order chi connectivity index (χ1) is 44.1. The number of urea groups is 1. The van der Waals surface area contributed by atoms with E-state index < -0.39 is 56.7 Å². The van der Waals surface area contributed by atoms with Gasteiger partial charge in [-0.05, 0) is 143 Å². The minimum Gasteiger partial charge on any atom is -0.391 e. The standard InChI is InChI=1S/C68H83N13O8S3/c1-41(45-19-21-47(22-20-45)60-42(2)69-40-90-60)71-63(84)56-35-49(82)38-80(56)65(86)61(68(4,5)6)74-67(87)78-31-26-48(27-32-78)77-33-28-50(29-34-77)92(88,89)76-64(85)59-51(53-36-70-81(43(53)3)37-44-13-8-7-9-14-44)23-24-58(73-59)79-30-25-46-15-12-16-52(54(46)39-79)62(83)75-66-72-55-17-10-11-18-57(55)91-66/h10-12,15-24,36,40-41,44,48-50,56,61,82H,7-9,13-14,25-35,37-39H2,1-6H3,(H,71,84)(H,74,87)(H,76,85)(H,72,75,83)/t41-,49+,56-,61+/m0/s1. The molecule has 21 nitrogen and oxygen atoms in total. The van der Waals surface area contributed by atoms with E-state index in [0.717, 1.165) is 68.1 Å². The lowest BCUT2D eigenvalue weighted by Gasteiger charge is -2.42. The number of hydrogen-bond acceptors (Lipinski definition) is 16. The Labute approximate surface area is 545 Å². The molecule has 0 bridgehead atoms. The summed E-state index contributed by atoms with van der Waals surface area (Å²) in [6.07, 6.45) is 9.23. The number of rotatable bonds is 16. The maximum atomic E-state index is 14.8. The highest BCUT2D eigenvalue weighted by Gasteiger charge is 2.46. The van der Waals surface area contributed by atoms with Crippen molar-refractivity contribution in [3.63, 3.8) is 0 Å². The van der Waals surface area contributed by atoms with Crippen LogP contribution in [0, 0.1) is 25.2 Å². The van der Waals surface area contributed by atoms with Crippen LogP contribution in [-0.4, -0.2) is 151 Å². The van der Waals surface area contributed by atoms with Gasteiger partial charge in [0.2, 0.25) is 21.8 Å². The third-order valence-corrected chi connectivity index (χ3v) is 23.2. The maximum Gasteiger partial charge on any atom is 0.318 e.